The fourth-order valence-corrected chi connectivity index (χ4v) is 5.19. The number of hydrogen-bond acceptors (Lipinski definition) is 3. The molecular weight excluding hydrogens is 341 g/mol. The number of ether oxygens (including phenoxy) is 1. The molecule has 3 aliphatic rings. The Bertz CT molecular complexity index is 844. The molecule has 2 aliphatic heterocycles. The highest BCUT2D eigenvalue weighted by molar-refractivity contribution is 5.45. The number of likely N-dealkylation sites (tertiary alicyclic amines) is 1. The van der Waals surface area contributed by atoms with Crippen LogP contribution in [0.1, 0.15) is 53.5 Å². The van der Waals surface area contributed by atoms with Crippen LogP contribution in [0.4, 0.5) is 4.39 Å². The van der Waals surface area contributed by atoms with E-state index in [2.05, 4.69) is 23.1 Å². The molecule has 3 nitrogen and oxygen atoms in total. The van der Waals surface area contributed by atoms with Gasteiger partial charge in [-0.25, -0.2) is 4.39 Å². The van der Waals surface area contributed by atoms with E-state index in [1.807, 2.05) is 0 Å². The molecule has 142 valence electrons. The lowest BCUT2D eigenvalue weighted by atomic mass is 9.86. The molecule has 0 spiro atoms. The van der Waals surface area contributed by atoms with Crippen molar-refractivity contribution in [2.24, 2.45) is 0 Å². The first-order valence-electron chi connectivity index (χ1n) is 10.2. The van der Waals surface area contributed by atoms with E-state index in [-0.39, 0.29) is 11.9 Å². The van der Waals surface area contributed by atoms with E-state index >= 15 is 0 Å². The largest absolute Gasteiger partial charge is 0.493 e. The summed E-state index contributed by atoms with van der Waals surface area (Å²) in [5.74, 6) is 1.44. The molecular formula is C23H26FNO2. The maximum atomic E-state index is 13.5. The van der Waals surface area contributed by atoms with Gasteiger partial charge in [0.25, 0.3) is 0 Å². The van der Waals surface area contributed by atoms with E-state index < -0.39 is 6.10 Å². The molecule has 4 heteroatoms. The highest BCUT2D eigenvalue weighted by Crippen LogP contribution is 2.41. The summed E-state index contributed by atoms with van der Waals surface area (Å²) in [6.07, 6.45) is 4.61. The van der Waals surface area contributed by atoms with Gasteiger partial charge < -0.3 is 9.84 Å². The SMILES string of the molecule is O[C@@H]1c2ccc(F)cc2C[C@H]1N1CCC(c2cccc3c2OCCC3)CC1. The van der Waals surface area contributed by atoms with Gasteiger partial charge in [0.1, 0.15) is 11.6 Å². The van der Waals surface area contributed by atoms with Crippen LogP contribution in [-0.4, -0.2) is 35.7 Å². The summed E-state index contributed by atoms with van der Waals surface area (Å²) < 4.78 is 19.5. The molecule has 0 unspecified atom stereocenters. The number of fused-ring (bicyclic) bond motifs is 2. The Morgan fingerprint density at radius 1 is 1.04 bits per heavy atom. The van der Waals surface area contributed by atoms with E-state index in [0.29, 0.717) is 5.92 Å². The Labute approximate surface area is 159 Å². The Morgan fingerprint density at radius 2 is 1.89 bits per heavy atom. The molecule has 0 amide bonds. The number of rotatable bonds is 2. The third-order valence-corrected chi connectivity index (χ3v) is 6.62. The number of aliphatic hydroxyl groups is 1. The van der Waals surface area contributed by atoms with Crippen molar-refractivity contribution in [1.29, 1.82) is 0 Å². The fourth-order valence-electron chi connectivity index (χ4n) is 5.19. The Hall–Kier alpha value is -1.91. The van der Waals surface area contributed by atoms with Crippen molar-refractivity contribution in [3.05, 3.63) is 64.5 Å². The Balaban J connectivity index is 1.29. The number of aryl methyl sites for hydroxylation is 1. The molecule has 1 aliphatic carbocycles. The van der Waals surface area contributed by atoms with Crippen molar-refractivity contribution < 1.29 is 14.2 Å². The topological polar surface area (TPSA) is 32.7 Å². The van der Waals surface area contributed by atoms with Crippen LogP contribution in [0.2, 0.25) is 0 Å². The van der Waals surface area contributed by atoms with Crippen molar-refractivity contribution >= 4 is 0 Å². The van der Waals surface area contributed by atoms with Crippen molar-refractivity contribution in [2.45, 2.75) is 50.2 Å². The summed E-state index contributed by atoms with van der Waals surface area (Å²) in [7, 11) is 0. The van der Waals surface area contributed by atoms with Gasteiger partial charge in [-0.1, -0.05) is 24.3 Å². The third kappa shape index (κ3) is 3.05. The second-order valence-corrected chi connectivity index (χ2v) is 8.16. The molecule has 2 heterocycles. The second-order valence-electron chi connectivity index (χ2n) is 8.16. The van der Waals surface area contributed by atoms with Crippen LogP contribution in [0.25, 0.3) is 0 Å². The number of para-hydroxylation sites is 1. The molecule has 2 aromatic rings. The zero-order chi connectivity index (χ0) is 18.4. The first-order chi connectivity index (χ1) is 13.2. The average molecular weight is 367 g/mol. The lowest BCUT2D eigenvalue weighted by Gasteiger charge is -2.38. The van der Waals surface area contributed by atoms with Crippen LogP contribution in [0.5, 0.6) is 5.75 Å². The van der Waals surface area contributed by atoms with Crippen LogP contribution in [0.3, 0.4) is 0 Å². The van der Waals surface area contributed by atoms with E-state index in [9.17, 15) is 9.50 Å². The van der Waals surface area contributed by atoms with Crippen molar-refractivity contribution in [3.8, 4) is 5.75 Å². The molecule has 1 saturated heterocycles. The molecule has 2 atom stereocenters. The second kappa shape index (κ2) is 6.92. The normalized spacial score (nSPS) is 25.7. The quantitative estimate of drug-likeness (QED) is 0.871. The average Bonchev–Trinajstić information content (AvgIpc) is 3.03. The molecule has 0 saturated carbocycles. The number of hydrogen-bond donors (Lipinski definition) is 1. The highest BCUT2D eigenvalue weighted by Gasteiger charge is 2.37. The lowest BCUT2D eigenvalue weighted by molar-refractivity contribution is 0.0455. The van der Waals surface area contributed by atoms with E-state index in [1.54, 1.807) is 12.1 Å². The third-order valence-electron chi connectivity index (χ3n) is 6.62. The summed E-state index contributed by atoms with van der Waals surface area (Å²) in [4.78, 5) is 2.40. The maximum absolute atomic E-state index is 13.5. The molecule has 5 rings (SSSR count). The van der Waals surface area contributed by atoms with Gasteiger partial charge in [0, 0.05) is 6.04 Å². The number of benzene rings is 2. The van der Waals surface area contributed by atoms with Crippen LogP contribution in [0.15, 0.2) is 36.4 Å². The van der Waals surface area contributed by atoms with E-state index in [4.69, 9.17) is 4.74 Å². The minimum absolute atomic E-state index is 0.0729. The summed E-state index contributed by atoms with van der Waals surface area (Å²) in [5.41, 5.74) is 4.57. The Kier molecular flexibility index (Phi) is 4.41. The first-order valence-corrected chi connectivity index (χ1v) is 10.2. The summed E-state index contributed by atoms with van der Waals surface area (Å²) >= 11 is 0. The predicted molar refractivity (Wildman–Crippen MR) is 103 cm³/mol. The summed E-state index contributed by atoms with van der Waals surface area (Å²) in [5, 5.41) is 10.7. The minimum Gasteiger partial charge on any atom is -0.493 e. The van der Waals surface area contributed by atoms with Gasteiger partial charge in [-0.15, -0.1) is 0 Å². The number of piperidine rings is 1. The molecule has 1 N–H and O–H groups in total. The van der Waals surface area contributed by atoms with Crippen molar-refractivity contribution in [3.63, 3.8) is 0 Å². The number of nitrogens with zero attached hydrogens (tertiary/aromatic N) is 1. The molecule has 2 aromatic carbocycles. The lowest BCUT2D eigenvalue weighted by Crippen LogP contribution is -2.43. The highest BCUT2D eigenvalue weighted by atomic mass is 19.1. The fraction of sp³-hybridized carbons (Fsp3) is 0.478. The summed E-state index contributed by atoms with van der Waals surface area (Å²) in [6, 6.07) is 11.4. The van der Waals surface area contributed by atoms with Crippen LogP contribution >= 0.6 is 0 Å². The molecule has 0 radical (unpaired) electrons. The van der Waals surface area contributed by atoms with E-state index in [0.717, 1.165) is 68.7 Å². The van der Waals surface area contributed by atoms with Gasteiger partial charge in [0.05, 0.1) is 12.7 Å². The van der Waals surface area contributed by atoms with E-state index in [1.165, 1.54) is 17.2 Å². The first kappa shape index (κ1) is 17.2. The number of aliphatic hydroxyl groups excluding tert-OH is 1. The number of halogens is 1. The monoisotopic (exact) mass is 367 g/mol. The van der Waals surface area contributed by atoms with Gasteiger partial charge in [0.15, 0.2) is 0 Å². The zero-order valence-electron chi connectivity index (χ0n) is 15.5. The smallest absolute Gasteiger partial charge is 0.125 e. The van der Waals surface area contributed by atoms with Crippen LogP contribution < -0.4 is 4.74 Å². The van der Waals surface area contributed by atoms with Gasteiger partial charge in [-0.05, 0) is 85.5 Å². The summed E-state index contributed by atoms with van der Waals surface area (Å²) in [6.45, 7) is 2.75. The molecule has 0 aromatic heterocycles. The molecule has 0 bridgehead atoms. The predicted octanol–water partition coefficient (Wildman–Crippen LogP) is 3.99. The minimum atomic E-state index is -0.509. The Morgan fingerprint density at radius 3 is 2.74 bits per heavy atom. The zero-order valence-corrected chi connectivity index (χ0v) is 15.5. The van der Waals surface area contributed by atoms with Gasteiger partial charge >= 0.3 is 0 Å². The van der Waals surface area contributed by atoms with Crippen molar-refractivity contribution in [1.82, 2.24) is 4.90 Å². The molecule has 27 heavy (non-hydrogen) atoms. The van der Waals surface area contributed by atoms with Crippen LogP contribution in [-0.2, 0) is 12.8 Å². The maximum Gasteiger partial charge on any atom is 0.125 e. The van der Waals surface area contributed by atoms with Gasteiger partial charge in [0.2, 0.25) is 0 Å². The van der Waals surface area contributed by atoms with Crippen molar-refractivity contribution in [2.75, 3.05) is 19.7 Å². The van der Waals surface area contributed by atoms with Gasteiger partial charge in [-0.3, -0.25) is 4.90 Å². The molecule has 1 fully saturated rings. The van der Waals surface area contributed by atoms with Gasteiger partial charge in [-0.2, -0.15) is 0 Å². The van der Waals surface area contributed by atoms with Crippen LogP contribution in [0, 0.1) is 5.82 Å². The standard InChI is InChI=1S/C23H26FNO2/c24-18-6-7-19-17(13-18)14-21(22(19)26)25-10-8-15(9-11-25)20-5-1-3-16-4-2-12-27-23(16)20/h1,3,5-7,13,15,21-22,26H,2,4,8-12,14H2/t21-,22-/m1/s1.